The minimum absolute atomic E-state index is 0.0524. The highest BCUT2D eigenvalue weighted by molar-refractivity contribution is 7.83. The van der Waals surface area contributed by atoms with E-state index in [0.717, 1.165) is 22.3 Å². The number of aliphatic hydroxyl groups is 1. The molecule has 0 spiro atoms. The molecule has 0 heterocycles. The van der Waals surface area contributed by atoms with E-state index >= 15 is 0 Å². The second-order valence-electron chi connectivity index (χ2n) is 8.17. The Kier molecular flexibility index (Phi) is 8.03. The Morgan fingerprint density at radius 1 is 0.765 bits per heavy atom. The zero-order valence-electron chi connectivity index (χ0n) is 19.1. The van der Waals surface area contributed by atoms with Gasteiger partial charge in [0.1, 0.15) is 16.6 Å². The van der Waals surface area contributed by atoms with E-state index in [1.165, 1.54) is 0 Å². The number of rotatable bonds is 10. The van der Waals surface area contributed by atoms with Gasteiger partial charge in [-0.15, -0.1) is 0 Å². The van der Waals surface area contributed by atoms with Gasteiger partial charge in [0, 0.05) is 6.54 Å². The van der Waals surface area contributed by atoms with Gasteiger partial charge in [0.25, 0.3) is 0 Å². The lowest BCUT2D eigenvalue weighted by Gasteiger charge is -2.36. The largest absolute Gasteiger partial charge is 0.389 e. The number of aliphatic hydroxyl groups excluding tert-OH is 1. The zero-order valence-corrected chi connectivity index (χ0v) is 19.9. The van der Waals surface area contributed by atoms with Crippen LogP contribution in [-0.2, 0) is 21.3 Å². The third-order valence-corrected chi connectivity index (χ3v) is 6.85. The van der Waals surface area contributed by atoms with Crippen LogP contribution in [0.15, 0.2) is 120 Å². The molecule has 34 heavy (non-hydrogen) atoms. The molecule has 5 heteroatoms. The van der Waals surface area contributed by atoms with E-state index in [0.29, 0.717) is 4.90 Å². The highest BCUT2D eigenvalue weighted by atomic mass is 32.2. The number of hydrogen-bond acceptors (Lipinski definition) is 3. The SMILES string of the molecule is Cc1ccc(S(=O)NC[C@H](O)COC(c2ccccc2)(c2ccccc2)c2ccccc2)cc1. The van der Waals surface area contributed by atoms with Crippen molar-refractivity contribution in [3.05, 3.63) is 138 Å². The van der Waals surface area contributed by atoms with E-state index in [1.807, 2.05) is 122 Å². The first-order valence-corrected chi connectivity index (χ1v) is 12.4. The summed E-state index contributed by atoms with van der Waals surface area (Å²) in [5.74, 6) is 0. The van der Waals surface area contributed by atoms with Crippen LogP contribution in [0.3, 0.4) is 0 Å². The summed E-state index contributed by atoms with van der Waals surface area (Å²) in [7, 11) is -1.41. The molecule has 0 aromatic heterocycles. The fourth-order valence-corrected chi connectivity index (χ4v) is 4.86. The summed E-state index contributed by atoms with van der Waals surface area (Å²) in [5, 5.41) is 10.8. The van der Waals surface area contributed by atoms with Gasteiger partial charge in [-0.25, -0.2) is 8.93 Å². The first-order valence-electron chi connectivity index (χ1n) is 11.3. The van der Waals surface area contributed by atoms with Crippen LogP contribution in [0, 0.1) is 6.92 Å². The van der Waals surface area contributed by atoms with E-state index < -0.39 is 22.7 Å². The number of ether oxygens (including phenoxy) is 1. The molecule has 0 aliphatic heterocycles. The van der Waals surface area contributed by atoms with Crippen LogP contribution in [-0.4, -0.2) is 28.6 Å². The molecule has 1 unspecified atom stereocenters. The van der Waals surface area contributed by atoms with Crippen LogP contribution in [0.2, 0.25) is 0 Å². The number of nitrogens with one attached hydrogen (secondary N) is 1. The van der Waals surface area contributed by atoms with Crippen LogP contribution < -0.4 is 4.72 Å². The van der Waals surface area contributed by atoms with Gasteiger partial charge in [0.05, 0.1) is 17.6 Å². The fraction of sp³-hybridized carbons (Fsp3) is 0.172. The Morgan fingerprint density at radius 2 is 1.21 bits per heavy atom. The average Bonchev–Trinajstić information content (AvgIpc) is 2.90. The van der Waals surface area contributed by atoms with E-state index in [-0.39, 0.29) is 13.2 Å². The van der Waals surface area contributed by atoms with E-state index in [9.17, 15) is 9.32 Å². The van der Waals surface area contributed by atoms with Crippen molar-refractivity contribution in [1.29, 1.82) is 0 Å². The molecule has 4 aromatic carbocycles. The van der Waals surface area contributed by atoms with Gasteiger partial charge in [-0.05, 0) is 35.7 Å². The molecule has 0 fully saturated rings. The van der Waals surface area contributed by atoms with Gasteiger partial charge in [-0.2, -0.15) is 0 Å². The van der Waals surface area contributed by atoms with Crippen molar-refractivity contribution >= 4 is 11.0 Å². The van der Waals surface area contributed by atoms with Gasteiger partial charge in [-0.1, -0.05) is 109 Å². The van der Waals surface area contributed by atoms with Crippen molar-refractivity contribution in [1.82, 2.24) is 4.72 Å². The molecule has 0 saturated heterocycles. The predicted molar refractivity (Wildman–Crippen MR) is 137 cm³/mol. The molecule has 0 aliphatic rings. The van der Waals surface area contributed by atoms with E-state index in [1.54, 1.807) is 0 Å². The summed E-state index contributed by atoms with van der Waals surface area (Å²) in [5.41, 5.74) is 3.11. The maximum absolute atomic E-state index is 12.6. The van der Waals surface area contributed by atoms with Gasteiger partial charge in [0.15, 0.2) is 0 Å². The Hall–Kier alpha value is -3.09. The Morgan fingerprint density at radius 3 is 1.65 bits per heavy atom. The molecule has 2 N–H and O–H groups in total. The summed E-state index contributed by atoms with van der Waals surface area (Å²) in [4.78, 5) is 0.672. The molecule has 4 rings (SSSR count). The quantitative estimate of drug-likeness (QED) is 0.321. The Bertz CT molecular complexity index is 1090. The lowest BCUT2D eigenvalue weighted by atomic mass is 9.80. The molecular weight excluding hydrogens is 442 g/mol. The lowest BCUT2D eigenvalue weighted by molar-refractivity contribution is -0.0359. The van der Waals surface area contributed by atoms with Crippen LogP contribution in [0.4, 0.5) is 0 Å². The van der Waals surface area contributed by atoms with Gasteiger partial charge < -0.3 is 9.84 Å². The first kappa shape index (κ1) is 24.0. The first-order chi connectivity index (χ1) is 16.6. The number of benzene rings is 4. The van der Waals surface area contributed by atoms with Crippen LogP contribution in [0.25, 0.3) is 0 Å². The summed E-state index contributed by atoms with van der Waals surface area (Å²) < 4.78 is 22.1. The summed E-state index contributed by atoms with van der Waals surface area (Å²) >= 11 is 0. The summed E-state index contributed by atoms with van der Waals surface area (Å²) in [6.07, 6.45) is -0.857. The van der Waals surface area contributed by atoms with Crippen molar-refractivity contribution in [2.45, 2.75) is 23.5 Å². The maximum Gasteiger partial charge on any atom is 0.143 e. The highest BCUT2D eigenvalue weighted by Gasteiger charge is 2.38. The molecule has 174 valence electrons. The molecule has 4 nitrogen and oxygen atoms in total. The molecular formula is C29H29NO3S. The molecule has 0 amide bonds. The summed E-state index contributed by atoms with van der Waals surface area (Å²) in [6, 6.07) is 37.6. The standard InChI is InChI=1S/C29H29NO3S/c1-23-17-19-28(20-18-23)34(32)30-21-27(31)22-33-29(24-11-5-2-6-12-24,25-13-7-3-8-14-25)26-15-9-4-10-16-26/h2-20,27,30-31H,21-22H2,1H3/t27-,34?/m0/s1. The molecule has 0 bridgehead atoms. The Labute approximate surface area is 203 Å². The summed E-state index contributed by atoms with van der Waals surface area (Å²) in [6.45, 7) is 2.17. The number of hydrogen-bond donors (Lipinski definition) is 2. The third-order valence-electron chi connectivity index (χ3n) is 5.72. The zero-order chi connectivity index (χ0) is 23.8. The van der Waals surface area contributed by atoms with Crippen molar-refractivity contribution in [3.8, 4) is 0 Å². The van der Waals surface area contributed by atoms with Crippen LogP contribution in [0.1, 0.15) is 22.3 Å². The van der Waals surface area contributed by atoms with Crippen molar-refractivity contribution < 1.29 is 14.1 Å². The maximum atomic E-state index is 12.6. The second kappa shape index (κ2) is 11.4. The molecule has 0 saturated carbocycles. The van der Waals surface area contributed by atoms with Crippen molar-refractivity contribution in [2.24, 2.45) is 0 Å². The fourth-order valence-electron chi connectivity index (χ4n) is 3.97. The van der Waals surface area contributed by atoms with E-state index in [2.05, 4.69) is 4.72 Å². The smallest absolute Gasteiger partial charge is 0.143 e. The number of aryl methyl sites for hydroxylation is 1. The normalized spacial score (nSPS) is 13.4. The van der Waals surface area contributed by atoms with E-state index in [4.69, 9.17) is 4.74 Å². The minimum Gasteiger partial charge on any atom is -0.389 e. The predicted octanol–water partition coefficient (Wildman–Crippen LogP) is 4.98. The monoisotopic (exact) mass is 471 g/mol. The average molecular weight is 472 g/mol. The van der Waals surface area contributed by atoms with Gasteiger partial charge >= 0.3 is 0 Å². The molecule has 2 atom stereocenters. The van der Waals surface area contributed by atoms with Crippen LogP contribution in [0.5, 0.6) is 0 Å². The molecule has 0 radical (unpaired) electrons. The highest BCUT2D eigenvalue weighted by Crippen LogP contribution is 2.40. The van der Waals surface area contributed by atoms with Crippen molar-refractivity contribution in [2.75, 3.05) is 13.2 Å². The van der Waals surface area contributed by atoms with Crippen LogP contribution >= 0.6 is 0 Å². The second-order valence-corrected chi connectivity index (χ2v) is 9.47. The Balaban J connectivity index is 1.58. The topological polar surface area (TPSA) is 58.6 Å². The minimum atomic E-state index is -1.41. The van der Waals surface area contributed by atoms with Gasteiger partial charge in [-0.3, -0.25) is 0 Å². The lowest BCUT2D eigenvalue weighted by Crippen LogP contribution is -2.38. The van der Waals surface area contributed by atoms with Gasteiger partial charge in [0.2, 0.25) is 0 Å². The molecule has 0 aliphatic carbocycles. The molecule has 4 aromatic rings. The third kappa shape index (κ3) is 5.51. The van der Waals surface area contributed by atoms with Crippen molar-refractivity contribution in [3.63, 3.8) is 0 Å².